The maximum Gasteiger partial charge on any atom is 0.0772 e. The molecule has 0 aromatic carbocycles. The molecule has 0 unspecified atom stereocenters. The van der Waals surface area contributed by atoms with E-state index in [-0.39, 0.29) is 0 Å². The van der Waals surface area contributed by atoms with Gasteiger partial charge in [0.15, 0.2) is 0 Å². The molecule has 0 bridgehead atoms. The van der Waals surface area contributed by atoms with Gasteiger partial charge in [-0.2, -0.15) is 0 Å². The normalized spacial score (nSPS) is 28.8. The third kappa shape index (κ3) is 4.24. The van der Waals surface area contributed by atoms with Crippen molar-refractivity contribution in [2.45, 2.75) is 89.7 Å². The highest BCUT2D eigenvalue weighted by molar-refractivity contribution is 4.91. The second-order valence-corrected chi connectivity index (χ2v) is 7.46. The summed E-state index contributed by atoms with van der Waals surface area (Å²) in [6, 6.07) is 0.659. The molecule has 2 fully saturated rings. The molecule has 2 aliphatic carbocycles. The van der Waals surface area contributed by atoms with Gasteiger partial charge in [0.2, 0.25) is 0 Å². The van der Waals surface area contributed by atoms with Crippen LogP contribution in [0.3, 0.4) is 0 Å². The molecule has 0 radical (unpaired) electrons. The summed E-state index contributed by atoms with van der Waals surface area (Å²) in [5, 5.41) is 14.3. The van der Waals surface area contributed by atoms with Crippen molar-refractivity contribution in [2.75, 3.05) is 6.54 Å². The molecule has 0 aromatic rings. The zero-order valence-electron chi connectivity index (χ0n) is 12.3. The minimum atomic E-state index is -0.429. The van der Waals surface area contributed by atoms with E-state index in [4.69, 9.17) is 0 Å². The second kappa shape index (κ2) is 5.92. The van der Waals surface area contributed by atoms with Gasteiger partial charge in [-0.15, -0.1) is 0 Å². The summed E-state index contributed by atoms with van der Waals surface area (Å²) >= 11 is 0. The fraction of sp³-hybridized carbons (Fsp3) is 1.00. The van der Waals surface area contributed by atoms with E-state index in [2.05, 4.69) is 19.2 Å². The Bertz CT molecular complexity index is 244. The molecule has 2 nitrogen and oxygen atoms in total. The molecule has 2 heteroatoms. The van der Waals surface area contributed by atoms with E-state index >= 15 is 0 Å². The van der Waals surface area contributed by atoms with Crippen molar-refractivity contribution in [1.29, 1.82) is 0 Å². The number of hydrogen-bond donors (Lipinski definition) is 2. The SMILES string of the molecule is CC1(C)CCC(O)(CNC2CCCCCC2)CC1. The Morgan fingerprint density at radius 3 is 2.06 bits per heavy atom. The lowest BCUT2D eigenvalue weighted by atomic mass is 9.71. The average Bonchev–Trinajstić information content (AvgIpc) is 2.60. The highest BCUT2D eigenvalue weighted by Gasteiger charge is 2.36. The van der Waals surface area contributed by atoms with Crippen LogP contribution in [0.25, 0.3) is 0 Å². The molecule has 18 heavy (non-hydrogen) atoms. The number of rotatable bonds is 3. The molecule has 106 valence electrons. The lowest BCUT2D eigenvalue weighted by Gasteiger charge is -2.41. The maximum atomic E-state index is 10.6. The Morgan fingerprint density at radius 1 is 0.944 bits per heavy atom. The van der Waals surface area contributed by atoms with Crippen LogP contribution in [0.15, 0.2) is 0 Å². The molecular weight excluding hydrogens is 222 g/mol. The van der Waals surface area contributed by atoms with Crippen molar-refractivity contribution in [3.05, 3.63) is 0 Å². The predicted octanol–water partition coefficient (Wildman–Crippen LogP) is 3.63. The summed E-state index contributed by atoms with van der Waals surface area (Å²) < 4.78 is 0. The summed E-state index contributed by atoms with van der Waals surface area (Å²) in [4.78, 5) is 0. The summed E-state index contributed by atoms with van der Waals surface area (Å²) in [6.45, 7) is 5.46. The van der Waals surface area contributed by atoms with Gasteiger partial charge in [0.1, 0.15) is 0 Å². The number of hydrogen-bond acceptors (Lipinski definition) is 2. The van der Waals surface area contributed by atoms with Crippen molar-refractivity contribution >= 4 is 0 Å². The van der Waals surface area contributed by atoms with Crippen molar-refractivity contribution in [2.24, 2.45) is 5.41 Å². The van der Waals surface area contributed by atoms with E-state index in [0.717, 1.165) is 32.2 Å². The first kappa shape index (κ1) is 14.3. The van der Waals surface area contributed by atoms with Gasteiger partial charge in [0, 0.05) is 12.6 Å². The van der Waals surface area contributed by atoms with Crippen molar-refractivity contribution in [1.82, 2.24) is 5.32 Å². The molecule has 0 saturated heterocycles. The maximum absolute atomic E-state index is 10.6. The molecule has 2 N–H and O–H groups in total. The van der Waals surface area contributed by atoms with Crippen LogP contribution in [0.4, 0.5) is 0 Å². The Hall–Kier alpha value is -0.0800. The first-order valence-electron chi connectivity index (χ1n) is 7.95. The van der Waals surface area contributed by atoms with Gasteiger partial charge in [0.05, 0.1) is 5.60 Å². The van der Waals surface area contributed by atoms with Crippen LogP contribution in [0, 0.1) is 5.41 Å². The molecule has 0 spiro atoms. The van der Waals surface area contributed by atoms with Gasteiger partial charge in [-0.1, -0.05) is 39.5 Å². The molecule has 2 rings (SSSR count). The standard InChI is InChI=1S/C16H31NO/c1-15(2)9-11-16(18,12-10-15)13-17-14-7-5-3-4-6-8-14/h14,17-18H,3-13H2,1-2H3. The Balaban J connectivity index is 1.75. The van der Waals surface area contributed by atoms with E-state index in [1.165, 1.54) is 38.5 Å². The molecule has 2 aliphatic rings. The summed E-state index contributed by atoms with van der Waals surface area (Å²) in [6.07, 6.45) is 12.4. The molecule has 0 heterocycles. The van der Waals surface area contributed by atoms with Crippen LogP contribution in [-0.2, 0) is 0 Å². The molecule has 0 aromatic heterocycles. The number of nitrogens with one attached hydrogen (secondary N) is 1. The Kier molecular flexibility index (Phi) is 4.71. The van der Waals surface area contributed by atoms with Gasteiger partial charge < -0.3 is 10.4 Å². The first-order chi connectivity index (χ1) is 8.49. The van der Waals surface area contributed by atoms with Gasteiger partial charge in [-0.05, 0) is 43.9 Å². The quantitative estimate of drug-likeness (QED) is 0.753. The average molecular weight is 253 g/mol. The van der Waals surface area contributed by atoms with Crippen molar-refractivity contribution < 1.29 is 5.11 Å². The summed E-state index contributed by atoms with van der Waals surface area (Å²) in [7, 11) is 0. The van der Waals surface area contributed by atoms with Gasteiger partial charge in [-0.3, -0.25) is 0 Å². The minimum Gasteiger partial charge on any atom is -0.389 e. The fourth-order valence-corrected chi connectivity index (χ4v) is 3.39. The summed E-state index contributed by atoms with van der Waals surface area (Å²) in [5.74, 6) is 0. The van der Waals surface area contributed by atoms with Crippen molar-refractivity contribution in [3.63, 3.8) is 0 Å². The fourth-order valence-electron chi connectivity index (χ4n) is 3.39. The van der Waals surface area contributed by atoms with E-state index in [1.54, 1.807) is 0 Å². The Labute approximate surface area is 113 Å². The van der Waals surface area contributed by atoms with E-state index in [9.17, 15) is 5.11 Å². The third-order valence-corrected chi connectivity index (χ3v) is 5.11. The molecular formula is C16H31NO. The molecule has 0 amide bonds. The first-order valence-corrected chi connectivity index (χ1v) is 7.95. The highest BCUT2D eigenvalue weighted by Crippen LogP contribution is 2.39. The highest BCUT2D eigenvalue weighted by atomic mass is 16.3. The van der Waals surface area contributed by atoms with E-state index in [0.29, 0.717) is 11.5 Å². The van der Waals surface area contributed by atoms with Crippen LogP contribution in [0.5, 0.6) is 0 Å². The van der Waals surface area contributed by atoms with Gasteiger partial charge in [-0.25, -0.2) is 0 Å². The number of aliphatic hydroxyl groups is 1. The second-order valence-electron chi connectivity index (χ2n) is 7.46. The monoisotopic (exact) mass is 253 g/mol. The Morgan fingerprint density at radius 2 is 1.50 bits per heavy atom. The van der Waals surface area contributed by atoms with Crippen LogP contribution in [0.2, 0.25) is 0 Å². The summed E-state index contributed by atoms with van der Waals surface area (Å²) in [5.41, 5.74) is 0.0103. The minimum absolute atomic E-state index is 0.429. The van der Waals surface area contributed by atoms with Crippen LogP contribution in [-0.4, -0.2) is 23.3 Å². The van der Waals surface area contributed by atoms with Gasteiger partial charge >= 0.3 is 0 Å². The predicted molar refractivity (Wildman–Crippen MR) is 76.7 cm³/mol. The largest absolute Gasteiger partial charge is 0.389 e. The zero-order chi connectivity index (χ0) is 13.1. The lowest BCUT2D eigenvalue weighted by molar-refractivity contribution is -0.0263. The molecule has 0 atom stereocenters. The lowest BCUT2D eigenvalue weighted by Crippen LogP contribution is -2.47. The third-order valence-electron chi connectivity index (χ3n) is 5.11. The van der Waals surface area contributed by atoms with Gasteiger partial charge in [0.25, 0.3) is 0 Å². The van der Waals surface area contributed by atoms with E-state index in [1.807, 2.05) is 0 Å². The van der Waals surface area contributed by atoms with E-state index < -0.39 is 5.60 Å². The van der Waals surface area contributed by atoms with Crippen LogP contribution >= 0.6 is 0 Å². The molecule has 0 aliphatic heterocycles. The van der Waals surface area contributed by atoms with Crippen molar-refractivity contribution in [3.8, 4) is 0 Å². The smallest absolute Gasteiger partial charge is 0.0772 e. The zero-order valence-corrected chi connectivity index (χ0v) is 12.3. The van der Waals surface area contributed by atoms with Crippen LogP contribution < -0.4 is 5.32 Å². The topological polar surface area (TPSA) is 32.3 Å². The molecule has 2 saturated carbocycles. The van der Waals surface area contributed by atoms with Crippen LogP contribution in [0.1, 0.15) is 78.1 Å².